The molecule has 3 aromatic heterocycles. The van der Waals surface area contributed by atoms with Crippen LogP contribution < -0.4 is 14.2 Å². The minimum atomic E-state index is -4.13. The highest BCUT2D eigenvalue weighted by Gasteiger charge is 2.35. The van der Waals surface area contributed by atoms with Crippen molar-refractivity contribution in [3.63, 3.8) is 0 Å². The summed E-state index contributed by atoms with van der Waals surface area (Å²) in [6, 6.07) is 8.91. The predicted octanol–water partition coefficient (Wildman–Crippen LogP) is 3.62. The molecule has 0 fully saturated rings. The van der Waals surface area contributed by atoms with Crippen molar-refractivity contribution in [3.8, 4) is 17.2 Å². The van der Waals surface area contributed by atoms with Crippen molar-refractivity contribution < 1.29 is 22.6 Å². The lowest BCUT2D eigenvalue weighted by Crippen LogP contribution is -2.34. The first-order valence-corrected chi connectivity index (χ1v) is 13.9. The fourth-order valence-electron chi connectivity index (χ4n) is 3.92. The maximum Gasteiger partial charge on any atom is 0.243 e. The van der Waals surface area contributed by atoms with Crippen LogP contribution >= 0.6 is 11.6 Å². The number of anilines is 1. The highest BCUT2D eigenvalue weighted by molar-refractivity contribution is 7.93. The van der Waals surface area contributed by atoms with Crippen LogP contribution in [0.25, 0.3) is 5.69 Å². The topological polar surface area (TPSA) is 143 Å². The van der Waals surface area contributed by atoms with Gasteiger partial charge in [0.2, 0.25) is 16.0 Å². The molecular weight excluding hydrogens is 546 g/mol. The van der Waals surface area contributed by atoms with Gasteiger partial charge in [-0.3, -0.25) is 14.3 Å². The maximum atomic E-state index is 13.7. The normalized spacial score (nSPS) is 13.1. The van der Waals surface area contributed by atoms with Crippen LogP contribution in [0.5, 0.6) is 11.5 Å². The van der Waals surface area contributed by atoms with Crippen LogP contribution in [-0.2, 0) is 21.2 Å². The van der Waals surface area contributed by atoms with Gasteiger partial charge in [0.05, 0.1) is 19.2 Å². The van der Waals surface area contributed by atoms with Crippen LogP contribution in [0.15, 0.2) is 55.1 Å². The molecule has 4 rings (SSSR count). The molecule has 206 valence electrons. The fraction of sp³-hybridized carbons (Fsp3) is 0.320. The quantitative estimate of drug-likeness (QED) is 0.267. The highest BCUT2D eigenvalue weighted by atomic mass is 35.5. The number of ether oxygens (including phenoxy) is 3. The Hall–Kier alpha value is -3.81. The Kier molecular flexibility index (Phi) is 8.94. The molecular formula is C25H28ClN7O5S. The van der Waals surface area contributed by atoms with Crippen molar-refractivity contribution in [2.45, 2.75) is 31.6 Å². The third kappa shape index (κ3) is 6.27. The summed E-state index contributed by atoms with van der Waals surface area (Å²) in [6.45, 7) is 3.49. The number of benzene rings is 1. The molecule has 14 heteroatoms. The summed E-state index contributed by atoms with van der Waals surface area (Å²) in [5, 5.41) is 7.71. The van der Waals surface area contributed by atoms with Gasteiger partial charge in [-0.25, -0.2) is 18.4 Å². The van der Waals surface area contributed by atoms with Crippen LogP contribution in [-0.4, -0.2) is 64.2 Å². The van der Waals surface area contributed by atoms with Gasteiger partial charge in [-0.15, -0.1) is 10.2 Å². The van der Waals surface area contributed by atoms with Gasteiger partial charge in [-0.2, -0.15) is 0 Å². The molecule has 3 heterocycles. The zero-order valence-electron chi connectivity index (χ0n) is 21.8. The Morgan fingerprint density at radius 3 is 2.31 bits per heavy atom. The molecule has 1 N–H and O–H groups in total. The number of rotatable bonds is 12. The largest absolute Gasteiger partial charge is 0.494 e. The fourth-order valence-corrected chi connectivity index (χ4v) is 5.12. The van der Waals surface area contributed by atoms with E-state index in [2.05, 4.69) is 29.9 Å². The number of nitrogens with one attached hydrogen (secondary N) is 1. The van der Waals surface area contributed by atoms with Crippen molar-refractivity contribution in [1.29, 1.82) is 0 Å². The third-order valence-corrected chi connectivity index (χ3v) is 7.72. The minimum absolute atomic E-state index is 0.0594. The molecule has 0 radical (unpaired) electrons. The summed E-state index contributed by atoms with van der Waals surface area (Å²) >= 11 is 5.92. The predicted molar refractivity (Wildman–Crippen MR) is 145 cm³/mol. The molecule has 0 aliphatic carbocycles. The number of aromatic nitrogens is 6. The van der Waals surface area contributed by atoms with E-state index < -0.39 is 21.4 Å². The molecule has 0 amide bonds. The van der Waals surface area contributed by atoms with Crippen molar-refractivity contribution in [2.75, 3.05) is 25.5 Å². The van der Waals surface area contributed by atoms with Gasteiger partial charge in [0, 0.05) is 37.8 Å². The molecule has 2 atom stereocenters. The van der Waals surface area contributed by atoms with Crippen LogP contribution in [0.1, 0.15) is 37.2 Å². The first kappa shape index (κ1) is 28.2. The Balaban J connectivity index is 1.79. The number of hydrogen-bond donors (Lipinski definition) is 1. The molecule has 4 aromatic rings. The van der Waals surface area contributed by atoms with Gasteiger partial charge in [0.15, 0.2) is 5.82 Å². The lowest BCUT2D eigenvalue weighted by molar-refractivity contribution is 0.0558. The Bertz CT molecular complexity index is 1480. The molecule has 12 nitrogen and oxygen atoms in total. The maximum absolute atomic E-state index is 13.7. The number of methoxy groups -OCH3 is 2. The Labute approximate surface area is 231 Å². The highest BCUT2D eigenvalue weighted by Crippen LogP contribution is 2.36. The number of nitrogens with zero attached hydrogens (tertiary/aromatic N) is 6. The molecule has 0 bridgehead atoms. The van der Waals surface area contributed by atoms with E-state index in [1.54, 1.807) is 48.1 Å². The first-order valence-electron chi connectivity index (χ1n) is 11.9. The lowest BCUT2D eigenvalue weighted by Gasteiger charge is -2.23. The molecule has 0 saturated carbocycles. The van der Waals surface area contributed by atoms with Gasteiger partial charge in [0.25, 0.3) is 0 Å². The summed E-state index contributed by atoms with van der Waals surface area (Å²) in [7, 11) is -1.11. The van der Waals surface area contributed by atoms with E-state index in [1.165, 1.54) is 33.5 Å². The van der Waals surface area contributed by atoms with Gasteiger partial charge in [0.1, 0.15) is 34.4 Å². The number of pyridine rings is 1. The molecule has 0 aliphatic heterocycles. The van der Waals surface area contributed by atoms with Crippen molar-refractivity contribution in [2.24, 2.45) is 0 Å². The standard InChI is InChI=1S/C25H28ClN7O5S/c1-5-38-23(24-28-14-18(26)15-29-24)16(2)39(34,35)32-25-31-30-21(12-17-8-7-11-27-13-17)33(25)22-19(36-3)9-6-10-20(22)37-4/h6-11,13-16,23H,5,12H2,1-4H3,(H,31,32)/t16-,23-/m0/s1. The van der Waals surface area contributed by atoms with Crippen molar-refractivity contribution >= 4 is 27.6 Å². The second kappa shape index (κ2) is 12.4. The lowest BCUT2D eigenvalue weighted by atomic mass is 10.2. The van der Waals surface area contributed by atoms with Crippen molar-refractivity contribution in [3.05, 3.63) is 77.4 Å². The van der Waals surface area contributed by atoms with Crippen LogP contribution in [0.4, 0.5) is 5.95 Å². The van der Waals surface area contributed by atoms with E-state index in [0.29, 0.717) is 34.5 Å². The van der Waals surface area contributed by atoms with E-state index in [0.717, 1.165) is 5.56 Å². The van der Waals surface area contributed by atoms with E-state index in [4.69, 9.17) is 25.8 Å². The van der Waals surface area contributed by atoms with Gasteiger partial charge in [-0.1, -0.05) is 23.7 Å². The number of hydrogen-bond acceptors (Lipinski definition) is 10. The van der Waals surface area contributed by atoms with Crippen molar-refractivity contribution in [1.82, 2.24) is 29.7 Å². The molecule has 0 saturated heterocycles. The summed E-state index contributed by atoms with van der Waals surface area (Å²) in [5.41, 5.74) is 1.28. The third-order valence-electron chi connectivity index (χ3n) is 5.83. The molecule has 39 heavy (non-hydrogen) atoms. The van der Waals surface area contributed by atoms with Crippen LogP contribution in [0.2, 0.25) is 5.02 Å². The molecule has 0 aliphatic rings. The molecule has 1 aromatic carbocycles. The monoisotopic (exact) mass is 573 g/mol. The second-order valence-electron chi connectivity index (χ2n) is 8.31. The van der Waals surface area contributed by atoms with E-state index in [-0.39, 0.29) is 18.4 Å². The molecule has 0 unspecified atom stereocenters. The van der Waals surface area contributed by atoms with Gasteiger partial charge in [-0.05, 0) is 37.6 Å². The second-order valence-corrected chi connectivity index (χ2v) is 10.8. The average Bonchev–Trinajstić information content (AvgIpc) is 3.32. The zero-order chi connectivity index (χ0) is 28.0. The number of para-hydroxylation sites is 1. The van der Waals surface area contributed by atoms with E-state index >= 15 is 0 Å². The summed E-state index contributed by atoms with van der Waals surface area (Å²) < 4.78 is 48.5. The Morgan fingerprint density at radius 2 is 1.72 bits per heavy atom. The van der Waals surface area contributed by atoms with Gasteiger partial charge >= 0.3 is 0 Å². The minimum Gasteiger partial charge on any atom is -0.494 e. The van der Waals surface area contributed by atoms with Crippen LogP contribution in [0, 0.1) is 0 Å². The number of sulfonamides is 1. The summed E-state index contributed by atoms with van der Waals surface area (Å²) in [5.74, 6) is 1.41. The van der Waals surface area contributed by atoms with E-state index in [9.17, 15) is 8.42 Å². The Morgan fingerprint density at radius 1 is 1.03 bits per heavy atom. The summed E-state index contributed by atoms with van der Waals surface area (Å²) in [6.07, 6.45) is 5.47. The van der Waals surface area contributed by atoms with Crippen LogP contribution in [0.3, 0.4) is 0 Å². The summed E-state index contributed by atoms with van der Waals surface area (Å²) in [4.78, 5) is 12.5. The first-order chi connectivity index (χ1) is 18.8. The smallest absolute Gasteiger partial charge is 0.243 e. The zero-order valence-corrected chi connectivity index (χ0v) is 23.3. The van der Waals surface area contributed by atoms with Gasteiger partial charge < -0.3 is 14.2 Å². The van der Waals surface area contributed by atoms with E-state index in [1.807, 2.05) is 6.07 Å². The number of halogens is 1. The SMILES string of the molecule is CCO[C@H](c1ncc(Cl)cn1)[C@H](C)S(=O)(=O)Nc1nnc(Cc2cccnc2)n1-c1c(OC)cccc1OC. The average molecular weight is 574 g/mol. The molecule has 0 spiro atoms.